The lowest BCUT2D eigenvalue weighted by atomic mass is 9.55. The van der Waals surface area contributed by atoms with E-state index in [2.05, 4.69) is 44.7 Å². The van der Waals surface area contributed by atoms with Crippen LogP contribution >= 0.6 is 0 Å². The number of aliphatic hydroxyl groups excluding tert-OH is 2. The summed E-state index contributed by atoms with van der Waals surface area (Å²) in [6.45, 7) is 17.0. The van der Waals surface area contributed by atoms with E-state index < -0.39 is 29.4 Å². The molecule has 0 bridgehead atoms. The number of carbonyl (C=O) groups excluding carboxylic acids is 1. The van der Waals surface area contributed by atoms with Gasteiger partial charge in [-0.3, -0.25) is 4.90 Å². The van der Waals surface area contributed by atoms with Crippen molar-refractivity contribution in [2.75, 3.05) is 33.5 Å². The molecule has 54 heavy (non-hydrogen) atoms. The topological polar surface area (TPSA) is 119 Å². The van der Waals surface area contributed by atoms with Crippen LogP contribution < -0.4 is 9.47 Å². The Labute approximate surface area is 322 Å². The first kappa shape index (κ1) is 41.3. The molecule has 3 aliphatic rings. The van der Waals surface area contributed by atoms with Crippen LogP contribution in [0.3, 0.4) is 0 Å². The van der Waals surface area contributed by atoms with Crippen molar-refractivity contribution in [3.8, 4) is 17.2 Å². The van der Waals surface area contributed by atoms with Gasteiger partial charge in [0.2, 0.25) is 5.79 Å². The largest absolute Gasteiger partial charge is 0.459 e. The quantitative estimate of drug-likeness (QED) is 0.0936. The number of fused-ring (bicyclic) bond motifs is 2. The minimum absolute atomic E-state index is 0.108. The second-order valence-electron chi connectivity index (χ2n) is 16.0. The normalized spacial score (nSPS) is 25.2. The predicted molar refractivity (Wildman–Crippen MR) is 211 cm³/mol. The summed E-state index contributed by atoms with van der Waals surface area (Å²) in [7, 11) is 1.40. The number of aryl methyl sites for hydroxylation is 2. The van der Waals surface area contributed by atoms with E-state index >= 15 is 0 Å². The standard InChI is InChI=1S/C44H62N2O8/c1-9-21-46(42(49)50-8)39-28-37(45-54-43(5,6)7)35-26-31(15-11-13-22-47)34(16-12-14-23-48)40-36-27-33(52-32-18-17-29(3)30(4)25-32)19-20-38(36)53-44(39,41(35)40)51-24-10-2/h10,17-20,25-27,31,34,39-41,47-48H,2,9,11-16,21-24,28H2,1,3-8H3/t31-,34+,39-,40+,41+,44+/m0/s1. The second kappa shape index (κ2) is 18.2. The van der Waals surface area contributed by atoms with Crippen molar-refractivity contribution in [3.05, 3.63) is 77.4 Å². The molecule has 0 aromatic heterocycles. The highest BCUT2D eigenvalue weighted by Gasteiger charge is 2.65. The first-order chi connectivity index (χ1) is 25.9. The number of ether oxygens (including phenoxy) is 4. The molecule has 0 spiro atoms. The number of allylic oxidation sites excluding steroid dienone is 1. The SMILES string of the molecule is C=CCO[C@@]12Oc3ccc(Oc4ccc(C)c(C)c4)cc3[C@H]3[C@H](CCCCO)[C@@H](CCCCO)C=C(C(=NOC(C)(C)C)C[C@@H]1N(CCC)C(=O)OC)[C@H]32. The first-order valence-corrected chi connectivity index (χ1v) is 19.8. The number of nitrogens with zero attached hydrogens (tertiary/aromatic N) is 2. The highest BCUT2D eigenvalue weighted by atomic mass is 16.7. The fraction of sp³-hybridized carbons (Fsp3) is 0.591. The fourth-order valence-corrected chi connectivity index (χ4v) is 8.55. The minimum atomic E-state index is -1.33. The Balaban J connectivity index is 1.79. The Morgan fingerprint density at radius 2 is 1.74 bits per heavy atom. The van der Waals surface area contributed by atoms with Crippen LogP contribution in [0, 0.1) is 31.6 Å². The number of aliphatic hydroxyl groups is 2. The van der Waals surface area contributed by atoms with Gasteiger partial charge in [0, 0.05) is 37.7 Å². The van der Waals surface area contributed by atoms with Crippen LogP contribution in [0.1, 0.15) is 102 Å². The number of benzene rings is 2. The molecule has 2 aromatic carbocycles. The van der Waals surface area contributed by atoms with E-state index in [-0.39, 0.29) is 37.6 Å². The summed E-state index contributed by atoms with van der Waals surface area (Å²) in [5.41, 5.74) is 4.53. The number of methoxy groups -OCH3 is 1. The van der Waals surface area contributed by atoms with Crippen molar-refractivity contribution in [1.82, 2.24) is 4.90 Å². The predicted octanol–water partition coefficient (Wildman–Crippen LogP) is 9.01. The van der Waals surface area contributed by atoms with Gasteiger partial charge in [-0.15, -0.1) is 6.58 Å². The average molecular weight is 747 g/mol. The van der Waals surface area contributed by atoms with Crippen molar-refractivity contribution < 1.29 is 38.8 Å². The molecule has 2 aromatic rings. The van der Waals surface area contributed by atoms with Gasteiger partial charge >= 0.3 is 6.09 Å². The van der Waals surface area contributed by atoms with E-state index in [1.54, 1.807) is 11.0 Å². The van der Waals surface area contributed by atoms with Gasteiger partial charge in [0.1, 0.15) is 28.9 Å². The maximum Gasteiger partial charge on any atom is 0.409 e. The number of amides is 1. The molecule has 6 atom stereocenters. The van der Waals surface area contributed by atoms with Crippen LogP contribution in [0.25, 0.3) is 0 Å². The monoisotopic (exact) mass is 746 g/mol. The Bertz CT molecular complexity index is 1660. The van der Waals surface area contributed by atoms with Gasteiger partial charge in [0.25, 0.3) is 0 Å². The smallest absolute Gasteiger partial charge is 0.409 e. The number of unbranched alkanes of at least 4 members (excludes halogenated alkanes) is 2. The van der Waals surface area contributed by atoms with E-state index in [0.717, 1.165) is 53.8 Å². The molecule has 2 N–H and O–H groups in total. The van der Waals surface area contributed by atoms with Crippen LogP contribution in [0.2, 0.25) is 0 Å². The second-order valence-corrected chi connectivity index (χ2v) is 16.0. The zero-order valence-electron chi connectivity index (χ0n) is 33.4. The van der Waals surface area contributed by atoms with E-state index in [4.69, 9.17) is 28.9 Å². The van der Waals surface area contributed by atoms with Gasteiger partial charge in [0.15, 0.2) is 0 Å². The van der Waals surface area contributed by atoms with Crippen LogP contribution in [-0.2, 0) is 14.3 Å². The zero-order chi connectivity index (χ0) is 39.0. The maximum absolute atomic E-state index is 13.7. The van der Waals surface area contributed by atoms with Gasteiger partial charge in [-0.2, -0.15) is 0 Å². The average Bonchev–Trinajstić information content (AvgIpc) is 3.14. The van der Waals surface area contributed by atoms with Crippen molar-refractivity contribution in [2.24, 2.45) is 22.9 Å². The summed E-state index contributed by atoms with van der Waals surface area (Å²) in [6.07, 6.45) is 9.41. The molecule has 1 amide bonds. The highest BCUT2D eigenvalue weighted by Crippen LogP contribution is 2.62. The molecular formula is C44H62N2O8. The summed E-state index contributed by atoms with van der Waals surface area (Å²) in [4.78, 5) is 21.6. The Morgan fingerprint density at radius 3 is 2.39 bits per heavy atom. The first-order valence-electron chi connectivity index (χ1n) is 19.8. The fourth-order valence-electron chi connectivity index (χ4n) is 8.55. The van der Waals surface area contributed by atoms with Crippen LogP contribution in [-0.4, -0.2) is 77.8 Å². The van der Waals surface area contributed by atoms with Gasteiger partial charge < -0.3 is 34.0 Å². The van der Waals surface area contributed by atoms with E-state index in [9.17, 15) is 15.0 Å². The van der Waals surface area contributed by atoms with Crippen LogP contribution in [0.4, 0.5) is 4.79 Å². The third-order valence-corrected chi connectivity index (χ3v) is 11.0. The van der Waals surface area contributed by atoms with E-state index in [1.807, 2.05) is 45.9 Å². The lowest BCUT2D eigenvalue weighted by Gasteiger charge is -2.59. The Kier molecular flexibility index (Phi) is 13.9. The number of hydrogen-bond acceptors (Lipinski definition) is 9. The molecule has 296 valence electrons. The van der Waals surface area contributed by atoms with Gasteiger partial charge in [0.05, 0.1) is 25.3 Å². The molecule has 1 fully saturated rings. The highest BCUT2D eigenvalue weighted by molar-refractivity contribution is 6.03. The number of hydrogen-bond donors (Lipinski definition) is 2. The number of oxime groups is 1. The van der Waals surface area contributed by atoms with E-state index in [1.165, 1.54) is 12.7 Å². The molecule has 10 heteroatoms. The van der Waals surface area contributed by atoms with E-state index in [0.29, 0.717) is 43.7 Å². The minimum Gasteiger partial charge on any atom is -0.459 e. The molecular weight excluding hydrogens is 684 g/mol. The van der Waals surface area contributed by atoms with Crippen molar-refractivity contribution in [3.63, 3.8) is 0 Å². The third kappa shape index (κ3) is 8.98. The third-order valence-electron chi connectivity index (χ3n) is 11.0. The molecule has 0 unspecified atom stereocenters. The maximum atomic E-state index is 13.7. The molecule has 1 saturated carbocycles. The summed E-state index contributed by atoms with van der Waals surface area (Å²) in [5.74, 6) is 0.477. The molecule has 0 radical (unpaired) electrons. The number of carbonyl (C=O) groups is 1. The van der Waals surface area contributed by atoms with Crippen molar-refractivity contribution in [1.29, 1.82) is 0 Å². The van der Waals surface area contributed by atoms with Gasteiger partial charge in [-0.05, 0) is 126 Å². The molecule has 5 rings (SSSR count). The van der Waals surface area contributed by atoms with Crippen LogP contribution in [0.15, 0.2) is 65.9 Å². The molecule has 2 aliphatic carbocycles. The lowest BCUT2D eigenvalue weighted by Crippen LogP contribution is -2.70. The van der Waals surface area contributed by atoms with Crippen molar-refractivity contribution in [2.45, 2.75) is 116 Å². The Hall–Kier alpha value is -3.86. The van der Waals surface area contributed by atoms with Crippen molar-refractivity contribution >= 4 is 11.8 Å². The van der Waals surface area contributed by atoms with Crippen LogP contribution in [0.5, 0.6) is 17.2 Å². The molecule has 10 nitrogen and oxygen atoms in total. The molecule has 1 heterocycles. The summed E-state index contributed by atoms with van der Waals surface area (Å²) in [6, 6.07) is 11.5. The van der Waals surface area contributed by atoms with Gasteiger partial charge in [-0.1, -0.05) is 43.1 Å². The zero-order valence-corrected chi connectivity index (χ0v) is 33.4. The van der Waals surface area contributed by atoms with Gasteiger partial charge in [-0.25, -0.2) is 4.79 Å². The molecule has 1 aliphatic heterocycles. The lowest BCUT2D eigenvalue weighted by molar-refractivity contribution is -0.255. The summed E-state index contributed by atoms with van der Waals surface area (Å²) in [5, 5.41) is 24.6. The summed E-state index contributed by atoms with van der Waals surface area (Å²) < 4.78 is 26.2. The Morgan fingerprint density at radius 1 is 1.04 bits per heavy atom. The summed E-state index contributed by atoms with van der Waals surface area (Å²) >= 11 is 0. The number of rotatable bonds is 17. The molecule has 0 saturated heterocycles.